The number of nitrogens with zero attached hydrogens (tertiary/aromatic N) is 1. The summed E-state index contributed by atoms with van der Waals surface area (Å²) in [7, 11) is 0. The molecular weight excluding hydrogens is 409 g/mol. The zero-order chi connectivity index (χ0) is 15.4. The topological polar surface area (TPSA) is 59.6 Å². The Morgan fingerprint density at radius 3 is 3.05 bits per heavy atom. The van der Waals surface area contributed by atoms with Gasteiger partial charge in [0.1, 0.15) is 5.75 Å². The standard InChI is InChI=1S/C16H18IN3OS/c17-15-6-5-11(22-15)7-9-19-16(18)20-13-8-10-21-14-4-2-1-3-12(13)14/h1-6,13H,7-10H2,(H3,18,19,20). The molecule has 22 heavy (non-hydrogen) atoms. The molecule has 1 aliphatic heterocycles. The van der Waals surface area contributed by atoms with E-state index in [1.54, 1.807) is 11.3 Å². The van der Waals surface area contributed by atoms with Gasteiger partial charge in [-0.3, -0.25) is 4.99 Å². The van der Waals surface area contributed by atoms with E-state index in [0.29, 0.717) is 19.1 Å². The van der Waals surface area contributed by atoms with Crippen LogP contribution in [0.3, 0.4) is 0 Å². The van der Waals surface area contributed by atoms with Crippen LogP contribution in [0.15, 0.2) is 41.4 Å². The number of hydrogen-bond donors (Lipinski definition) is 2. The van der Waals surface area contributed by atoms with Crippen LogP contribution in [0, 0.1) is 2.88 Å². The van der Waals surface area contributed by atoms with Crippen molar-refractivity contribution in [2.24, 2.45) is 10.7 Å². The van der Waals surface area contributed by atoms with E-state index in [0.717, 1.165) is 24.2 Å². The van der Waals surface area contributed by atoms with Gasteiger partial charge in [-0.2, -0.15) is 0 Å². The van der Waals surface area contributed by atoms with Gasteiger partial charge in [-0.25, -0.2) is 0 Å². The molecule has 3 N–H and O–H groups in total. The molecule has 4 nitrogen and oxygen atoms in total. The second kappa shape index (κ2) is 7.32. The number of hydrogen-bond acceptors (Lipinski definition) is 3. The molecule has 1 atom stereocenters. The predicted molar refractivity (Wildman–Crippen MR) is 99.7 cm³/mol. The van der Waals surface area contributed by atoms with Gasteiger partial charge in [0, 0.05) is 29.8 Å². The van der Waals surface area contributed by atoms with Crippen LogP contribution in [-0.4, -0.2) is 19.1 Å². The number of para-hydroxylation sites is 1. The Balaban J connectivity index is 1.57. The molecule has 1 aromatic carbocycles. The lowest BCUT2D eigenvalue weighted by molar-refractivity contribution is 0.262. The van der Waals surface area contributed by atoms with Gasteiger partial charge in [-0.1, -0.05) is 18.2 Å². The highest BCUT2D eigenvalue weighted by Crippen LogP contribution is 2.31. The summed E-state index contributed by atoms with van der Waals surface area (Å²) in [5.41, 5.74) is 7.18. The van der Waals surface area contributed by atoms with Gasteiger partial charge in [0.05, 0.1) is 15.5 Å². The third-order valence-electron chi connectivity index (χ3n) is 3.55. The Labute approximate surface area is 147 Å². The van der Waals surface area contributed by atoms with Gasteiger partial charge in [-0.05, 0) is 40.8 Å². The highest BCUT2D eigenvalue weighted by Gasteiger charge is 2.21. The van der Waals surface area contributed by atoms with Crippen molar-refractivity contribution < 1.29 is 4.74 Å². The summed E-state index contributed by atoms with van der Waals surface area (Å²) in [4.78, 5) is 5.79. The lowest BCUT2D eigenvalue weighted by atomic mass is 10.0. The molecule has 1 aliphatic rings. The fourth-order valence-corrected chi connectivity index (χ4v) is 4.23. The van der Waals surface area contributed by atoms with Crippen LogP contribution in [-0.2, 0) is 6.42 Å². The van der Waals surface area contributed by atoms with Crippen molar-refractivity contribution in [1.82, 2.24) is 5.32 Å². The van der Waals surface area contributed by atoms with E-state index in [9.17, 15) is 0 Å². The number of nitrogens with one attached hydrogen (secondary N) is 1. The molecule has 2 aromatic rings. The highest BCUT2D eigenvalue weighted by molar-refractivity contribution is 14.1. The van der Waals surface area contributed by atoms with Gasteiger partial charge in [0.25, 0.3) is 0 Å². The summed E-state index contributed by atoms with van der Waals surface area (Å²) in [5.74, 6) is 1.44. The first-order valence-electron chi connectivity index (χ1n) is 7.25. The highest BCUT2D eigenvalue weighted by atomic mass is 127. The summed E-state index contributed by atoms with van der Waals surface area (Å²) >= 11 is 4.14. The van der Waals surface area contributed by atoms with Gasteiger partial charge in [0.2, 0.25) is 0 Å². The number of halogens is 1. The molecule has 6 heteroatoms. The monoisotopic (exact) mass is 427 g/mol. The quantitative estimate of drug-likeness (QED) is 0.447. The molecular formula is C16H18IN3OS. The fourth-order valence-electron chi connectivity index (χ4n) is 2.49. The predicted octanol–water partition coefficient (Wildman–Crippen LogP) is 3.32. The van der Waals surface area contributed by atoms with E-state index in [1.165, 1.54) is 7.76 Å². The minimum atomic E-state index is 0.177. The first kappa shape index (κ1) is 15.6. The summed E-state index contributed by atoms with van der Waals surface area (Å²) in [6, 6.07) is 12.5. The molecule has 0 amide bonds. The van der Waals surface area contributed by atoms with Crippen molar-refractivity contribution >= 4 is 39.9 Å². The molecule has 3 rings (SSSR count). The van der Waals surface area contributed by atoms with E-state index < -0.39 is 0 Å². The maximum Gasteiger partial charge on any atom is 0.189 e. The molecule has 0 aliphatic carbocycles. The fraction of sp³-hybridized carbons (Fsp3) is 0.312. The van der Waals surface area contributed by atoms with E-state index in [4.69, 9.17) is 10.5 Å². The maximum atomic E-state index is 6.03. The average Bonchev–Trinajstić information content (AvgIpc) is 2.93. The Morgan fingerprint density at radius 1 is 1.36 bits per heavy atom. The van der Waals surface area contributed by atoms with E-state index >= 15 is 0 Å². The third kappa shape index (κ3) is 3.92. The number of benzene rings is 1. The maximum absolute atomic E-state index is 6.03. The van der Waals surface area contributed by atoms with Gasteiger partial charge >= 0.3 is 0 Å². The van der Waals surface area contributed by atoms with Crippen molar-refractivity contribution in [3.05, 3.63) is 49.7 Å². The minimum absolute atomic E-state index is 0.177. The lowest BCUT2D eigenvalue weighted by Crippen LogP contribution is -2.37. The number of fused-ring (bicyclic) bond motifs is 1. The third-order valence-corrected chi connectivity index (χ3v) is 5.50. The summed E-state index contributed by atoms with van der Waals surface area (Å²) in [5, 5.41) is 3.32. The Bertz CT molecular complexity index is 671. The average molecular weight is 427 g/mol. The zero-order valence-electron chi connectivity index (χ0n) is 12.1. The number of guanidine groups is 1. The summed E-state index contributed by atoms with van der Waals surface area (Å²) < 4.78 is 6.96. The lowest BCUT2D eigenvalue weighted by Gasteiger charge is -2.26. The van der Waals surface area contributed by atoms with E-state index in [-0.39, 0.29) is 6.04 Å². The van der Waals surface area contributed by atoms with Crippen molar-refractivity contribution in [1.29, 1.82) is 0 Å². The van der Waals surface area contributed by atoms with E-state index in [1.807, 2.05) is 18.2 Å². The molecule has 0 bridgehead atoms. The number of ether oxygens (including phenoxy) is 1. The van der Waals surface area contributed by atoms with Crippen molar-refractivity contribution in [3.8, 4) is 5.75 Å². The van der Waals surface area contributed by atoms with Crippen LogP contribution >= 0.6 is 33.9 Å². The van der Waals surface area contributed by atoms with Crippen LogP contribution < -0.4 is 15.8 Å². The first-order valence-corrected chi connectivity index (χ1v) is 9.14. The molecule has 116 valence electrons. The van der Waals surface area contributed by atoms with Crippen molar-refractivity contribution in [2.75, 3.05) is 13.2 Å². The molecule has 1 unspecified atom stereocenters. The normalized spacial score (nSPS) is 17.7. The molecule has 0 radical (unpaired) electrons. The Hall–Kier alpha value is -1.28. The van der Waals surface area contributed by atoms with Crippen molar-refractivity contribution in [2.45, 2.75) is 18.9 Å². The van der Waals surface area contributed by atoms with Crippen LogP contribution in [0.1, 0.15) is 22.9 Å². The molecule has 1 aromatic heterocycles. The largest absolute Gasteiger partial charge is 0.493 e. The Morgan fingerprint density at radius 2 is 2.23 bits per heavy atom. The van der Waals surface area contributed by atoms with Gasteiger partial charge < -0.3 is 15.8 Å². The second-order valence-corrected chi connectivity index (χ2v) is 8.16. The number of thiophene rings is 1. The smallest absolute Gasteiger partial charge is 0.189 e. The number of aliphatic imine (C=N–C) groups is 1. The molecule has 2 heterocycles. The summed E-state index contributed by atoms with van der Waals surface area (Å²) in [6.07, 6.45) is 1.83. The van der Waals surface area contributed by atoms with Crippen LogP contribution in [0.2, 0.25) is 0 Å². The SMILES string of the molecule is NC(=NCCc1ccc(I)s1)NC1CCOc2ccccc21. The van der Waals surface area contributed by atoms with Gasteiger partial charge in [0.15, 0.2) is 5.96 Å². The summed E-state index contributed by atoms with van der Waals surface area (Å²) in [6.45, 7) is 1.41. The van der Waals surface area contributed by atoms with Gasteiger partial charge in [-0.15, -0.1) is 11.3 Å². The first-order chi connectivity index (χ1) is 10.7. The Kier molecular flexibility index (Phi) is 5.20. The molecule has 0 saturated heterocycles. The molecule has 0 fully saturated rings. The number of nitrogens with two attached hydrogens (primary N) is 1. The zero-order valence-corrected chi connectivity index (χ0v) is 15.1. The molecule has 0 saturated carbocycles. The minimum Gasteiger partial charge on any atom is -0.493 e. The van der Waals surface area contributed by atoms with Crippen LogP contribution in [0.5, 0.6) is 5.75 Å². The molecule has 0 spiro atoms. The van der Waals surface area contributed by atoms with Crippen molar-refractivity contribution in [3.63, 3.8) is 0 Å². The van der Waals surface area contributed by atoms with E-state index in [2.05, 4.69) is 51.1 Å². The second-order valence-electron chi connectivity index (χ2n) is 5.09. The van der Waals surface area contributed by atoms with Crippen LogP contribution in [0.25, 0.3) is 0 Å². The van der Waals surface area contributed by atoms with Crippen LogP contribution in [0.4, 0.5) is 0 Å². The number of rotatable bonds is 4.